The Kier molecular flexibility index (Phi) is 17.8. The van der Waals surface area contributed by atoms with Gasteiger partial charge in [0.25, 0.3) is 5.91 Å². The SMILES string of the molecule is CCCCCCCCCCCCN=C(N)NC(=O)c1nc(Cl)c(N)nc1N.Cl.Cl. The Hall–Kier alpha value is -1.51. The molecule has 0 aromatic carbocycles. The van der Waals surface area contributed by atoms with Crippen molar-refractivity contribution in [1.82, 2.24) is 15.3 Å². The third kappa shape index (κ3) is 12.6. The maximum atomic E-state index is 12.1. The number of nitrogens with two attached hydrogens (primary N) is 3. The molecule has 1 aromatic rings. The summed E-state index contributed by atoms with van der Waals surface area (Å²) in [6, 6.07) is 0. The standard InChI is InChI=1S/C18H32ClN7O.2ClH/c1-2-3-4-5-6-7-8-9-10-11-12-23-18(22)26-17(27)13-15(20)25-16(21)14(19)24-13;;/h2-12H2,1H3,(H4,20,21,25)(H3,22,23,26,27);2*1H. The van der Waals surface area contributed by atoms with Crippen LogP contribution in [0.25, 0.3) is 0 Å². The van der Waals surface area contributed by atoms with Crippen molar-refractivity contribution in [2.75, 3.05) is 18.0 Å². The highest BCUT2D eigenvalue weighted by molar-refractivity contribution is 6.31. The summed E-state index contributed by atoms with van der Waals surface area (Å²) in [7, 11) is 0. The minimum Gasteiger partial charge on any atom is -0.382 e. The number of carbonyl (C=O) groups excluding carboxylic acids is 1. The van der Waals surface area contributed by atoms with Crippen molar-refractivity contribution in [2.45, 2.75) is 71.1 Å². The van der Waals surface area contributed by atoms with Crippen LogP contribution in [0.15, 0.2) is 4.99 Å². The Morgan fingerprint density at radius 2 is 1.45 bits per heavy atom. The van der Waals surface area contributed by atoms with Gasteiger partial charge in [-0.3, -0.25) is 15.1 Å². The van der Waals surface area contributed by atoms with Crippen molar-refractivity contribution in [3.05, 3.63) is 10.8 Å². The molecule has 1 heterocycles. The monoisotopic (exact) mass is 469 g/mol. The number of hydrogen-bond donors (Lipinski definition) is 4. The van der Waals surface area contributed by atoms with Crippen LogP contribution in [-0.2, 0) is 0 Å². The summed E-state index contributed by atoms with van der Waals surface area (Å²) in [5.74, 6) is -0.749. The van der Waals surface area contributed by atoms with Crippen LogP contribution in [0.2, 0.25) is 5.15 Å². The number of nitrogens with zero attached hydrogens (tertiary/aromatic N) is 3. The summed E-state index contributed by atoms with van der Waals surface area (Å²) >= 11 is 5.76. The van der Waals surface area contributed by atoms with Gasteiger partial charge in [0.1, 0.15) is 0 Å². The fourth-order valence-electron chi connectivity index (χ4n) is 2.62. The predicted octanol–water partition coefficient (Wildman–Crippen LogP) is 4.10. The van der Waals surface area contributed by atoms with Gasteiger partial charge >= 0.3 is 0 Å². The van der Waals surface area contributed by atoms with Gasteiger partial charge in [0.05, 0.1) is 0 Å². The Bertz CT molecular complexity index is 630. The highest BCUT2D eigenvalue weighted by Crippen LogP contribution is 2.17. The molecule has 1 aromatic heterocycles. The van der Waals surface area contributed by atoms with Gasteiger partial charge in [-0.25, -0.2) is 9.97 Å². The van der Waals surface area contributed by atoms with Crippen molar-refractivity contribution >= 4 is 59.9 Å². The van der Waals surface area contributed by atoms with Crippen LogP contribution in [0, 0.1) is 0 Å². The largest absolute Gasteiger partial charge is 0.382 e. The molecule has 0 unspecified atom stereocenters. The number of hydrogen-bond acceptors (Lipinski definition) is 6. The molecule has 7 N–H and O–H groups in total. The Labute approximate surface area is 190 Å². The van der Waals surface area contributed by atoms with E-state index in [2.05, 4.69) is 27.2 Å². The lowest BCUT2D eigenvalue weighted by atomic mass is 10.1. The Morgan fingerprint density at radius 1 is 0.931 bits per heavy atom. The molecule has 168 valence electrons. The van der Waals surface area contributed by atoms with Crippen molar-refractivity contribution in [3.63, 3.8) is 0 Å². The van der Waals surface area contributed by atoms with Crippen LogP contribution in [0.3, 0.4) is 0 Å². The number of unbranched alkanes of at least 4 members (excludes halogenated alkanes) is 9. The van der Waals surface area contributed by atoms with Gasteiger partial charge < -0.3 is 17.2 Å². The Morgan fingerprint density at radius 3 is 2.00 bits per heavy atom. The number of amides is 1. The quantitative estimate of drug-likeness (QED) is 0.205. The molecule has 8 nitrogen and oxygen atoms in total. The van der Waals surface area contributed by atoms with E-state index in [4.69, 9.17) is 28.8 Å². The normalized spacial score (nSPS) is 10.8. The molecule has 0 spiro atoms. The summed E-state index contributed by atoms with van der Waals surface area (Å²) in [5.41, 5.74) is 16.7. The molecule has 1 amide bonds. The highest BCUT2D eigenvalue weighted by Gasteiger charge is 2.16. The lowest BCUT2D eigenvalue weighted by Gasteiger charge is -2.07. The summed E-state index contributed by atoms with van der Waals surface area (Å²) in [4.78, 5) is 23.8. The predicted molar refractivity (Wildman–Crippen MR) is 126 cm³/mol. The fourth-order valence-corrected chi connectivity index (χ4v) is 2.75. The average Bonchev–Trinajstić information content (AvgIpc) is 2.62. The van der Waals surface area contributed by atoms with E-state index in [9.17, 15) is 4.79 Å². The topological polar surface area (TPSA) is 145 Å². The molecule has 0 atom stereocenters. The number of nitrogens with one attached hydrogen (secondary N) is 1. The van der Waals surface area contributed by atoms with Crippen molar-refractivity contribution in [2.24, 2.45) is 10.7 Å². The second kappa shape index (κ2) is 17.4. The van der Waals surface area contributed by atoms with E-state index in [0.29, 0.717) is 6.54 Å². The maximum absolute atomic E-state index is 12.1. The van der Waals surface area contributed by atoms with Gasteiger partial charge in [-0.2, -0.15) is 0 Å². The highest BCUT2D eigenvalue weighted by atomic mass is 35.5. The lowest BCUT2D eigenvalue weighted by Crippen LogP contribution is -2.38. The van der Waals surface area contributed by atoms with Crippen LogP contribution < -0.4 is 22.5 Å². The molecule has 0 bridgehead atoms. The number of aromatic nitrogens is 2. The van der Waals surface area contributed by atoms with E-state index < -0.39 is 5.91 Å². The van der Waals surface area contributed by atoms with Crippen LogP contribution in [0.1, 0.15) is 81.6 Å². The van der Waals surface area contributed by atoms with Gasteiger partial charge in [0, 0.05) is 6.54 Å². The van der Waals surface area contributed by atoms with Crippen LogP contribution in [0.4, 0.5) is 11.6 Å². The molecule has 1 rings (SSSR count). The average molecular weight is 471 g/mol. The number of carbonyl (C=O) groups is 1. The molecule has 0 saturated carbocycles. The number of nitrogen functional groups attached to an aromatic ring is 2. The van der Waals surface area contributed by atoms with E-state index in [1.807, 2.05) is 0 Å². The van der Waals surface area contributed by atoms with E-state index in [1.54, 1.807) is 0 Å². The molecule has 0 aliphatic heterocycles. The van der Waals surface area contributed by atoms with Gasteiger partial charge in [-0.1, -0.05) is 76.3 Å². The fraction of sp³-hybridized carbons (Fsp3) is 0.667. The van der Waals surface area contributed by atoms with Gasteiger partial charge in [-0.15, -0.1) is 24.8 Å². The van der Waals surface area contributed by atoms with Crippen LogP contribution in [-0.4, -0.2) is 28.4 Å². The summed E-state index contributed by atoms with van der Waals surface area (Å²) in [6.45, 7) is 2.80. The minimum atomic E-state index is -0.619. The van der Waals surface area contributed by atoms with Crippen LogP contribution in [0.5, 0.6) is 0 Å². The number of halogens is 3. The van der Waals surface area contributed by atoms with E-state index in [1.165, 1.54) is 51.4 Å². The van der Waals surface area contributed by atoms with Crippen molar-refractivity contribution in [1.29, 1.82) is 0 Å². The first-order valence-electron chi connectivity index (χ1n) is 9.65. The Balaban J connectivity index is 0. The maximum Gasteiger partial charge on any atom is 0.280 e. The van der Waals surface area contributed by atoms with Crippen LogP contribution >= 0.6 is 36.4 Å². The number of guanidine groups is 1. The summed E-state index contributed by atoms with van der Waals surface area (Å²) in [6.07, 6.45) is 12.5. The van der Waals surface area contributed by atoms with Gasteiger partial charge in [0.15, 0.2) is 28.4 Å². The molecule has 0 aliphatic rings. The third-order valence-electron chi connectivity index (χ3n) is 4.16. The van der Waals surface area contributed by atoms with E-state index >= 15 is 0 Å². The van der Waals surface area contributed by atoms with Gasteiger partial charge in [-0.05, 0) is 6.42 Å². The summed E-state index contributed by atoms with van der Waals surface area (Å²) in [5, 5.41) is 2.34. The second-order valence-electron chi connectivity index (χ2n) is 6.54. The lowest BCUT2D eigenvalue weighted by molar-refractivity contribution is 0.0972. The molecule has 29 heavy (non-hydrogen) atoms. The van der Waals surface area contributed by atoms with Crippen molar-refractivity contribution in [3.8, 4) is 0 Å². The molecule has 11 heteroatoms. The zero-order chi connectivity index (χ0) is 20.1. The van der Waals surface area contributed by atoms with E-state index in [0.717, 1.165) is 12.8 Å². The molecule has 0 fully saturated rings. The molecule has 0 aliphatic carbocycles. The first-order valence-corrected chi connectivity index (χ1v) is 10.0. The minimum absolute atomic E-state index is 0. The molecule has 0 radical (unpaired) electrons. The first-order chi connectivity index (χ1) is 13.0. The number of aliphatic imine (C=N–C) groups is 1. The smallest absolute Gasteiger partial charge is 0.280 e. The molecular weight excluding hydrogens is 437 g/mol. The zero-order valence-corrected chi connectivity index (χ0v) is 19.3. The second-order valence-corrected chi connectivity index (χ2v) is 6.89. The number of rotatable bonds is 12. The molecular formula is C18H34Cl3N7O. The zero-order valence-electron chi connectivity index (χ0n) is 17.0. The van der Waals surface area contributed by atoms with Gasteiger partial charge in [0.2, 0.25) is 0 Å². The number of anilines is 2. The first kappa shape index (κ1) is 29.7. The van der Waals surface area contributed by atoms with E-state index in [-0.39, 0.29) is 53.3 Å². The third-order valence-corrected chi connectivity index (χ3v) is 4.43. The van der Waals surface area contributed by atoms with Crippen molar-refractivity contribution < 1.29 is 4.79 Å². The molecule has 0 saturated heterocycles. The summed E-state index contributed by atoms with van der Waals surface area (Å²) < 4.78 is 0.